The SMILES string of the molecule is COc1cc([C@@H]2/C(=C(\O)c3ccc4c(c3)OCCO4)C(=O)C(=O)N2CCCn2ccnc2)ccc1OCc1ccccc1. The van der Waals surface area contributed by atoms with Gasteiger partial charge in [0.05, 0.1) is 25.1 Å². The molecule has 1 N–H and O–H groups in total. The van der Waals surface area contributed by atoms with Crippen LogP contribution < -0.4 is 18.9 Å². The number of aryl methyl sites for hydroxylation is 1. The largest absolute Gasteiger partial charge is 0.507 e. The number of hydrogen-bond donors (Lipinski definition) is 1. The van der Waals surface area contributed by atoms with Crippen LogP contribution in [0, 0.1) is 0 Å². The van der Waals surface area contributed by atoms with E-state index in [4.69, 9.17) is 18.9 Å². The van der Waals surface area contributed by atoms with Crippen molar-refractivity contribution in [3.05, 3.63) is 108 Å². The predicted molar refractivity (Wildman–Crippen MR) is 157 cm³/mol. The third kappa shape index (κ3) is 5.76. The minimum Gasteiger partial charge on any atom is -0.507 e. The summed E-state index contributed by atoms with van der Waals surface area (Å²) in [7, 11) is 1.53. The number of aliphatic hydroxyl groups is 1. The predicted octanol–water partition coefficient (Wildman–Crippen LogP) is 4.75. The van der Waals surface area contributed by atoms with E-state index in [0.717, 1.165) is 5.56 Å². The fourth-order valence-corrected chi connectivity index (χ4v) is 5.35. The first-order chi connectivity index (χ1) is 21.0. The zero-order valence-corrected chi connectivity index (χ0v) is 23.6. The number of ether oxygens (including phenoxy) is 4. The van der Waals surface area contributed by atoms with Crippen molar-refractivity contribution in [2.24, 2.45) is 0 Å². The Morgan fingerprint density at radius 3 is 2.56 bits per heavy atom. The van der Waals surface area contributed by atoms with Crippen molar-refractivity contribution in [3.63, 3.8) is 0 Å². The summed E-state index contributed by atoms with van der Waals surface area (Å²) in [5.41, 5.74) is 1.94. The number of nitrogens with zero attached hydrogens (tertiary/aromatic N) is 3. The van der Waals surface area contributed by atoms with E-state index in [1.54, 1.807) is 48.9 Å². The minimum atomic E-state index is -0.854. The van der Waals surface area contributed by atoms with E-state index in [1.165, 1.54) is 12.0 Å². The van der Waals surface area contributed by atoms with Crippen LogP contribution >= 0.6 is 0 Å². The van der Waals surface area contributed by atoms with Gasteiger partial charge in [-0.25, -0.2) is 4.98 Å². The Morgan fingerprint density at radius 1 is 0.977 bits per heavy atom. The molecule has 3 heterocycles. The average Bonchev–Trinajstić information content (AvgIpc) is 3.66. The summed E-state index contributed by atoms with van der Waals surface area (Å²) < 4.78 is 24.9. The second-order valence-corrected chi connectivity index (χ2v) is 10.2. The number of fused-ring (bicyclic) bond motifs is 1. The van der Waals surface area contributed by atoms with E-state index < -0.39 is 17.7 Å². The number of hydrogen-bond acceptors (Lipinski definition) is 8. The zero-order valence-electron chi connectivity index (χ0n) is 23.6. The second kappa shape index (κ2) is 12.3. The minimum absolute atomic E-state index is 0.00989. The van der Waals surface area contributed by atoms with Crippen LogP contribution in [0.1, 0.15) is 29.2 Å². The van der Waals surface area contributed by atoms with Gasteiger partial charge in [0, 0.05) is 31.0 Å². The van der Waals surface area contributed by atoms with Gasteiger partial charge in [0.25, 0.3) is 11.7 Å². The second-order valence-electron chi connectivity index (χ2n) is 10.2. The Hall–Kier alpha value is -5.25. The lowest BCUT2D eigenvalue weighted by atomic mass is 9.94. The molecule has 1 saturated heterocycles. The highest BCUT2D eigenvalue weighted by Crippen LogP contribution is 2.43. The average molecular weight is 582 g/mol. The molecule has 1 amide bonds. The summed E-state index contributed by atoms with van der Waals surface area (Å²) in [4.78, 5) is 32.6. The number of aromatic nitrogens is 2. The van der Waals surface area contributed by atoms with Crippen molar-refractivity contribution in [2.75, 3.05) is 26.9 Å². The van der Waals surface area contributed by atoms with Gasteiger partial charge in [0.1, 0.15) is 25.6 Å². The van der Waals surface area contributed by atoms with Gasteiger partial charge in [-0.15, -0.1) is 0 Å². The smallest absolute Gasteiger partial charge is 0.295 e. The van der Waals surface area contributed by atoms with Crippen LogP contribution in [0.3, 0.4) is 0 Å². The molecule has 43 heavy (non-hydrogen) atoms. The van der Waals surface area contributed by atoms with Crippen LogP contribution in [0.25, 0.3) is 5.76 Å². The molecule has 0 unspecified atom stereocenters. The first-order valence-corrected chi connectivity index (χ1v) is 14.0. The standard InChI is InChI=1S/C33H31N3O7/c1-40-27-18-23(8-10-25(27)43-20-22-6-3-2-4-7-22)30-29(31(37)24-9-11-26-28(19-24)42-17-16-41-26)32(38)33(39)36(30)14-5-13-35-15-12-34-21-35/h2-4,6-12,15,18-19,21,30,37H,5,13-14,16-17,20H2,1H3/b31-29+/t30-/m1/s1. The van der Waals surface area contributed by atoms with Gasteiger partial charge in [-0.1, -0.05) is 36.4 Å². The lowest BCUT2D eigenvalue weighted by Crippen LogP contribution is -2.31. The number of amides is 1. The Labute approximate surface area is 248 Å². The number of carbonyl (C=O) groups excluding carboxylic acids is 2. The molecule has 0 aliphatic carbocycles. The number of aliphatic hydroxyl groups excluding tert-OH is 1. The number of ketones is 1. The van der Waals surface area contributed by atoms with Gasteiger partial charge >= 0.3 is 0 Å². The van der Waals surface area contributed by atoms with E-state index in [0.29, 0.717) is 66.9 Å². The molecule has 1 atom stereocenters. The maximum absolute atomic E-state index is 13.5. The maximum Gasteiger partial charge on any atom is 0.295 e. The van der Waals surface area contributed by atoms with E-state index in [-0.39, 0.29) is 17.9 Å². The fourth-order valence-electron chi connectivity index (χ4n) is 5.35. The van der Waals surface area contributed by atoms with Crippen LogP contribution in [0.4, 0.5) is 0 Å². The van der Waals surface area contributed by atoms with Crippen LogP contribution in [-0.2, 0) is 22.7 Å². The summed E-state index contributed by atoms with van der Waals surface area (Å²) in [5.74, 6) is 0.233. The van der Waals surface area contributed by atoms with Crippen molar-refractivity contribution >= 4 is 17.4 Å². The van der Waals surface area contributed by atoms with E-state index in [2.05, 4.69) is 4.98 Å². The van der Waals surface area contributed by atoms with E-state index >= 15 is 0 Å². The lowest BCUT2D eigenvalue weighted by molar-refractivity contribution is -0.139. The summed E-state index contributed by atoms with van der Waals surface area (Å²) in [6, 6.07) is 19.1. The van der Waals surface area contributed by atoms with Crippen LogP contribution in [-0.4, -0.2) is 58.1 Å². The molecular weight excluding hydrogens is 550 g/mol. The van der Waals surface area contributed by atoms with Crippen LogP contribution in [0.2, 0.25) is 0 Å². The van der Waals surface area contributed by atoms with Gasteiger partial charge in [0.2, 0.25) is 0 Å². The monoisotopic (exact) mass is 581 g/mol. The molecule has 0 radical (unpaired) electrons. The molecule has 2 aliphatic heterocycles. The van der Waals surface area contributed by atoms with Crippen molar-refractivity contribution in [2.45, 2.75) is 25.6 Å². The van der Waals surface area contributed by atoms with E-state index in [1.807, 2.05) is 41.1 Å². The molecule has 0 bridgehead atoms. The zero-order chi connectivity index (χ0) is 29.8. The molecule has 2 aliphatic rings. The highest BCUT2D eigenvalue weighted by atomic mass is 16.6. The van der Waals surface area contributed by atoms with Crippen molar-refractivity contribution in [3.8, 4) is 23.0 Å². The topological polar surface area (TPSA) is 112 Å². The Morgan fingerprint density at radius 2 is 1.79 bits per heavy atom. The molecule has 10 heteroatoms. The summed E-state index contributed by atoms with van der Waals surface area (Å²) >= 11 is 0. The first-order valence-electron chi connectivity index (χ1n) is 14.0. The van der Waals surface area contributed by atoms with E-state index in [9.17, 15) is 14.7 Å². The van der Waals surface area contributed by atoms with Gasteiger partial charge < -0.3 is 33.5 Å². The molecule has 0 saturated carbocycles. The molecule has 0 spiro atoms. The molecule has 220 valence electrons. The van der Waals surface area contributed by atoms with Gasteiger partial charge in [-0.3, -0.25) is 9.59 Å². The van der Waals surface area contributed by atoms with Crippen LogP contribution in [0.15, 0.2) is 91.0 Å². The Bertz CT molecular complexity index is 1650. The Kier molecular flexibility index (Phi) is 7.99. The molecule has 1 fully saturated rings. The molecule has 10 nitrogen and oxygen atoms in total. The number of carbonyl (C=O) groups is 2. The summed E-state index contributed by atoms with van der Waals surface area (Å²) in [6.07, 6.45) is 5.80. The van der Waals surface area contributed by atoms with Crippen molar-refractivity contribution in [1.82, 2.24) is 14.5 Å². The lowest BCUT2D eigenvalue weighted by Gasteiger charge is -2.26. The van der Waals surface area contributed by atoms with Crippen LogP contribution in [0.5, 0.6) is 23.0 Å². The van der Waals surface area contributed by atoms with Crippen molar-refractivity contribution < 1.29 is 33.6 Å². The third-order valence-electron chi connectivity index (χ3n) is 7.47. The highest BCUT2D eigenvalue weighted by Gasteiger charge is 2.46. The molecule has 3 aromatic carbocycles. The summed E-state index contributed by atoms with van der Waals surface area (Å²) in [5, 5.41) is 11.5. The number of rotatable bonds is 10. The number of imidazole rings is 1. The fraction of sp³-hybridized carbons (Fsp3) is 0.242. The quantitative estimate of drug-likeness (QED) is 0.162. The van der Waals surface area contributed by atoms with Crippen molar-refractivity contribution in [1.29, 1.82) is 0 Å². The molecular formula is C33H31N3O7. The highest BCUT2D eigenvalue weighted by molar-refractivity contribution is 6.46. The molecule has 4 aromatic rings. The van der Waals surface area contributed by atoms with Gasteiger partial charge in [-0.2, -0.15) is 0 Å². The number of benzene rings is 3. The maximum atomic E-state index is 13.5. The molecule has 1 aromatic heterocycles. The summed E-state index contributed by atoms with van der Waals surface area (Å²) in [6.45, 7) is 2.02. The number of methoxy groups -OCH3 is 1. The third-order valence-corrected chi connectivity index (χ3v) is 7.47. The normalized spacial score (nSPS) is 17.2. The first kappa shape index (κ1) is 27.9. The molecule has 6 rings (SSSR count). The van der Waals surface area contributed by atoms with Gasteiger partial charge in [0.15, 0.2) is 23.0 Å². The Balaban J connectivity index is 1.36. The number of likely N-dealkylation sites (tertiary alicyclic amines) is 1. The number of Topliss-reactive ketones (excluding diaryl/α,β-unsaturated/α-hetero) is 1. The van der Waals surface area contributed by atoms with Gasteiger partial charge in [-0.05, 0) is 47.9 Å².